The van der Waals surface area contributed by atoms with Gasteiger partial charge in [-0.25, -0.2) is 18.4 Å². The highest BCUT2D eigenvalue weighted by Gasteiger charge is 2.23. The van der Waals surface area contributed by atoms with E-state index in [2.05, 4.69) is 31.7 Å². The molecule has 0 atom stereocenters. The van der Waals surface area contributed by atoms with Gasteiger partial charge in [-0.05, 0) is 67.1 Å². The second-order valence-electron chi connectivity index (χ2n) is 9.83. The highest BCUT2D eigenvalue weighted by Crippen LogP contribution is 2.32. The van der Waals surface area contributed by atoms with E-state index in [1.807, 2.05) is 54.0 Å². The van der Waals surface area contributed by atoms with E-state index in [1.54, 1.807) is 24.4 Å². The highest BCUT2D eigenvalue weighted by atomic mass is 32.2. The lowest BCUT2D eigenvalue weighted by Gasteiger charge is -2.29. The molecule has 1 aliphatic rings. The Hall–Kier alpha value is -4.61. The number of benzene rings is 3. The molecule has 210 valence electrons. The van der Waals surface area contributed by atoms with Gasteiger partial charge in [0.25, 0.3) is 10.0 Å². The number of aryl methyl sites for hydroxylation is 1. The van der Waals surface area contributed by atoms with E-state index in [4.69, 9.17) is 15.2 Å². The van der Waals surface area contributed by atoms with Crippen LogP contribution in [0, 0.1) is 6.92 Å². The van der Waals surface area contributed by atoms with Crippen LogP contribution in [-0.4, -0.2) is 56.4 Å². The van der Waals surface area contributed by atoms with Crippen LogP contribution >= 0.6 is 0 Å². The number of nitrogens with one attached hydrogen (secondary N) is 1. The Morgan fingerprint density at radius 2 is 1.63 bits per heavy atom. The van der Waals surface area contributed by atoms with Crippen LogP contribution in [0.25, 0.3) is 27.8 Å². The van der Waals surface area contributed by atoms with E-state index >= 15 is 0 Å². The van der Waals surface area contributed by atoms with Gasteiger partial charge in [0.1, 0.15) is 4.90 Å². The lowest BCUT2D eigenvalue weighted by Crippen LogP contribution is -2.36. The third-order valence-corrected chi connectivity index (χ3v) is 8.48. The molecular weight excluding hydrogens is 540 g/mol. The number of methoxy groups -OCH3 is 1. The van der Waals surface area contributed by atoms with Gasteiger partial charge in [0.2, 0.25) is 11.8 Å². The van der Waals surface area contributed by atoms with Crippen molar-refractivity contribution in [2.24, 2.45) is 0 Å². The van der Waals surface area contributed by atoms with E-state index in [1.165, 1.54) is 7.11 Å². The van der Waals surface area contributed by atoms with E-state index in [0.29, 0.717) is 17.2 Å². The van der Waals surface area contributed by atoms with Crippen molar-refractivity contribution in [3.8, 4) is 22.7 Å². The fraction of sp³-hybridized carbons (Fsp3) is 0.200. The van der Waals surface area contributed by atoms with Crippen molar-refractivity contribution in [1.82, 2.24) is 14.5 Å². The average Bonchev–Trinajstić information content (AvgIpc) is 3.33. The standard InChI is InChI=1S/C30H30N6O4S/c1-20-3-6-23(7-4-20)34-41(37,38)28-18-22(19-32-29(28)39-2)21-5-12-26-27(17-21)36(30(31)33-26)25-10-8-24(9-11-25)35-13-15-40-16-14-35/h3-12,17-19,34H,13-16H2,1-2H3,(H2,31,33). The van der Waals surface area contributed by atoms with Crippen molar-refractivity contribution in [2.75, 3.05) is 48.8 Å². The zero-order valence-corrected chi connectivity index (χ0v) is 23.6. The van der Waals surface area contributed by atoms with Crippen molar-refractivity contribution < 1.29 is 17.9 Å². The lowest BCUT2D eigenvalue weighted by molar-refractivity contribution is 0.122. The van der Waals surface area contributed by atoms with Gasteiger partial charge in [-0.3, -0.25) is 9.29 Å². The summed E-state index contributed by atoms with van der Waals surface area (Å²) < 4.78 is 42.0. The molecule has 3 aromatic carbocycles. The Balaban J connectivity index is 1.36. The molecule has 41 heavy (non-hydrogen) atoms. The minimum absolute atomic E-state index is 0.00378. The maximum atomic E-state index is 13.4. The number of nitrogens with two attached hydrogens (primary N) is 1. The quantitative estimate of drug-likeness (QED) is 0.290. The summed E-state index contributed by atoms with van der Waals surface area (Å²) in [5.41, 5.74) is 12.7. The minimum Gasteiger partial charge on any atom is -0.480 e. The fourth-order valence-electron chi connectivity index (χ4n) is 4.95. The number of fused-ring (bicyclic) bond motifs is 1. The van der Waals surface area contributed by atoms with Crippen molar-refractivity contribution in [3.05, 3.63) is 84.6 Å². The summed E-state index contributed by atoms with van der Waals surface area (Å²) in [5.74, 6) is 0.360. The molecule has 1 fully saturated rings. The molecule has 2 aromatic heterocycles. The molecule has 0 bridgehead atoms. The number of hydrogen-bond donors (Lipinski definition) is 2. The molecule has 11 heteroatoms. The Labute approximate surface area is 238 Å². The fourth-order valence-corrected chi connectivity index (χ4v) is 6.15. The number of sulfonamides is 1. The van der Waals surface area contributed by atoms with Crippen LogP contribution in [0.3, 0.4) is 0 Å². The summed E-state index contributed by atoms with van der Waals surface area (Å²) in [6.45, 7) is 5.08. The van der Waals surface area contributed by atoms with Crippen molar-refractivity contribution in [1.29, 1.82) is 0 Å². The molecular formula is C30H30N6O4S. The maximum absolute atomic E-state index is 13.4. The molecule has 5 aromatic rings. The smallest absolute Gasteiger partial charge is 0.267 e. The van der Waals surface area contributed by atoms with Gasteiger partial charge >= 0.3 is 0 Å². The van der Waals surface area contributed by atoms with Crippen LogP contribution in [0.5, 0.6) is 5.88 Å². The molecule has 0 spiro atoms. The number of anilines is 3. The monoisotopic (exact) mass is 570 g/mol. The molecule has 0 amide bonds. The van der Waals surface area contributed by atoms with Crippen molar-refractivity contribution in [2.45, 2.75) is 11.8 Å². The first-order valence-corrected chi connectivity index (χ1v) is 14.7. The third-order valence-electron chi connectivity index (χ3n) is 7.10. The minimum atomic E-state index is -3.99. The predicted octanol–water partition coefficient (Wildman–Crippen LogP) is 4.62. The summed E-state index contributed by atoms with van der Waals surface area (Å²) in [5, 5.41) is 0. The van der Waals surface area contributed by atoms with Crippen LogP contribution in [0.4, 0.5) is 17.3 Å². The summed E-state index contributed by atoms with van der Waals surface area (Å²) in [7, 11) is -2.60. The van der Waals surface area contributed by atoms with Crippen LogP contribution in [0.2, 0.25) is 0 Å². The van der Waals surface area contributed by atoms with Gasteiger partial charge in [-0.15, -0.1) is 0 Å². The van der Waals surface area contributed by atoms with Gasteiger partial charge in [0, 0.05) is 41.9 Å². The number of nitrogens with zero attached hydrogens (tertiary/aromatic N) is 4. The largest absolute Gasteiger partial charge is 0.480 e. The number of rotatable bonds is 7. The van der Waals surface area contributed by atoms with Crippen LogP contribution < -0.4 is 20.1 Å². The number of aromatic nitrogens is 3. The number of ether oxygens (including phenoxy) is 2. The summed E-state index contributed by atoms with van der Waals surface area (Å²) in [6, 6.07) is 22.5. The number of hydrogen-bond acceptors (Lipinski definition) is 8. The highest BCUT2D eigenvalue weighted by molar-refractivity contribution is 7.92. The molecule has 3 heterocycles. The Bertz CT molecular complexity index is 1810. The van der Waals surface area contributed by atoms with Crippen LogP contribution in [-0.2, 0) is 14.8 Å². The van der Waals surface area contributed by atoms with Crippen LogP contribution in [0.15, 0.2) is 83.9 Å². The first-order chi connectivity index (χ1) is 19.8. The van der Waals surface area contributed by atoms with E-state index in [9.17, 15) is 8.42 Å². The van der Waals surface area contributed by atoms with Gasteiger partial charge in [-0.2, -0.15) is 0 Å². The number of pyridine rings is 1. The molecule has 3 N–H and O–H groups in total. The third kappa shape index (κ3) is 5.29. The molecule has 6 rings (SSSR count). The van der Waals surface area contributed by atoms with E-state index in [-0.39, 0.29) is 10.8 Å². The SMILES string of the molecule is COc1ncc(-c2ccc3nc(N)n(-c4ccc(N5CCOCC5)cc4)c3c2)cc1S(=O)(=O)Nc1ccc(C)cc1. The van der Waals surface area contributed by atoms with Crippen molar-refractivity contribution in [3.63, 3.8) is 0 Å². The molecule has 0 saturated carbocycles. The Kier molecular flexibility index (Phi) is 6.98. The maximum Gasteiger partial charge on any atom is 0.267 e. The number of imidazole rings is 1. The van der Waals surface area contributed by atoms with Gasteiger partial charge in [0.15, 0.2) is 0 Å². The van der Waals surface area contributed by atoms with Crippen LogP contribution in [0.1, 0.15) is 5.56 Å². The summed E-state index contributed by atoms with van der Waals surface area (Å²) >= 11 is 0. The predicted molar refractivity (Wildman–Crippen MR) is 160 cm³/mol. The molecule has 10 nitrogen and oxygen atoms in total. The number of nitrogen functional groups attached to an aromatic ring is 1. The molecule has 1 saturated heterocycles. The average molecular weight is 571 g/mol. The molecule has 0 unspecified atom stereocenters. The normalized spacial score (nSPS) is 13.9. The second kappa shape index (κ2) is 10.8. The van der Waals surface area contributed by atoms with Gasteiger partial charge in [-0.1, -0.05) is 23.8 Å². The Morgan fingerprint density at radius 3 is 2.34 bits per heavy atom. The zero-order chi connectivity index (χ0) is 28.6. The lowest BCUT2D eigenvalue weighted by atomic mass is 10.1. The van der Waals surface area contributed by atoms with Crippen molar-refractivity contribution >= 4 is 38.4 Å². The molecule has 0 radical (unpaired) electrons. The Morgan fingerprint density at radius 1 is 0.927 bits per heavy atom. The van der Waals surface area contributed by atoms with E-state index < -0.39 is 10.0 Å². The zero-order valence-electron chi connectivity index (χ0n) is 22.7. The summed E-state index contributed by atoms with van der Waals surface area (Å²) in [6.07, 6.45) is 1.59. The summed E-state index contributed by atoms with van der Waals surface area (Å²) in [4.78, 5) is 11.1. The van der Waals surface area contributed by atoms with Gasteiger partial charge < -0.3 is 20.1 Å². The number of morpholine rings is 1. The topological polar surface area (TPSA) is 125 Å². The molecule has 0 aliphatic carbocycles. The van der Waals surface area contributed by atoms with E-state index in [0.717, 1.165) is 59.8 Å². The first kappa shape index (κ1) is 26.6. The second-order valence-corrected chi connectivity index (χ2v) is 11.5. The first-order valence-electron chi connectivity index (χ1n) is 13.2. The molecule has 1 aliphatic heterocycles. The van der Waals surface area contributed by atoms with Gasteiger partial charge in [0.05, 0.1) is 31.4 Å².